The van der Waals surface area contributed by atoms with Crippen molar-refractivity contribution in [3.8, 4) is 5.88 Å². The Morgan fingerprint density at radius 1 is 1.18 bits per heavy atom. The zero-order valence-corrected chi connectivity index (χ0v) is 20.0. The van der Waals surface area contributed by atoms with Crippen LogP contribution in [0.2, 0.25) is 0 Å². The molecule has 2 aromatic heterocycles. The van der Waals surface area contributed by atoms with Gasteiger partial charge in [0.2, 0.25) is 11.8 Å². The maximum Gasteiger partial charge on any atom is 0.242 e. The van der Waals surface area contributed by atoms with Crippen LogP contribution in [0.3, 0.4) is 0 Å². The number of fused-ring (bicyclic) bond motifs is 1. The molecule has 0 atom stereocenters. The van der Waals surface area contributed by atoms with E-state index in [0.29, 0.717) is 25.3 Å². The molecule has 33 heavy (non-hydrogen) atoms. The van der Waals surface area contributed by atoms with Gasteiger partial charge in [0, 0.05) is 31.1 Å². The van der Waals surface area contributed by atoms with Gasteiger partial charge in [-0.3, -0.25) is 4.79 Å². The van der Waals surface area contributed by atoms with Crippen molar-refractivity contribution in [3.05, 3.63) is 52.5 Å². The minimum atomic E-state index is -0.227. The maximum atomic E-state index is 13.5. The van der Waals surface area contributed by atoms with Crippen LogP contribution in [0.4, 0.5) is 4.39 Å². The minimum absolute atomic E-state index is 0.0270. The summed E-state index contributed by atoms with van der Waals surface area (Å²) in [5.74, 6) is 0.358. The van der Waals surface area contributed by atoms with Gasteiger partial charge in [0.05, 0.1) is 12.5 Å². The number of methoxy groups -OCH3 is 1. The molecule has 1 N–H and O–H groups in total. The lowest BCUT2D eigenvalue weighted by Gasteiger charge is -2.38. The number of aromatic nitrogens is 3. The Balaban J connectivity index is 1.47. The molecule has 0 aliphatic heterocycles. The summed E-state index contributed by atoms with van der Waals surface area (Å²) in [4.78, 5) is 17.6. The number of hydrogen-bond donors (Lipinski definition) is 1. The number of nitrogens with one attached hydrogen (secondary N) is 1. The number of nitrogens with zero attached hydrogens (tertiary/aromatic N) is 3. The molecule has 1 aromatic carbocycles. The second-order valence-electron chi connectivity index (χ2n) is 9.26. The molecule has 1 aliphatic rings. The lowest BCUT2D eigenvalue weighted by molar-refractivity contribution is -0.121. The van der Waals surface area contributed by atoms with Crippen molar-refractivity contribution in [2.75, 3.05) is 13.7 Å². The standard InChI is InChI=1S/C26H33FN4O2/c1-17-21(18(2)29-24-23(17)25(33-4)30-31(24)3)12-13-22(32)28-16-26(14-6-5-7-15-26)19-8-10-20(27)11-9-19/h8-11H,5-7,12-16H2,1-4H3,(H,28,32). The van der Waals surface area contributed by atoms with Gasteiger partial charge in [0.15, 0.2) is 5.65 Å². The molecule has 0 unspecified atom stereocenters. The first-order valence-corrected chi connectivity index (χ1v) is 11.7. The van der Waals surface area contributed by atoms with E-state index in [4.69, 9.17) is 9.72 Å². The number of carbonyl (C=O) groups excluding carboxylic acids is 1. The molecule has 0 spiro atoms. The van der Waals surface area contributed by atoms with E-state index in [2.05, 4.69) is 10.4 Å². The van der Waals surface area contributed by atoms with Crippen LogP contribution < -0.4 is 10.1 Å². The quantitative estimate of drug-likeness (QED) is 0.565. The zero-order valence-electron chi connectivity index (χ0n) is 20.0. The first-order chi connectivity index (χ1) is 15.8. The number of carbonyl (C=O) groups is 1. The second-order valence-corrected chi connectivity index (χ2v) is 9.26. The fourth-order valence-electron chi connectivity index (χ4n) is 5.30. The van der Waals surface area contributed by atoms with Gasteiger partial charge < -0.3 is 10.1 Å². The van der Waals surface area contributed by atoms with E-state index in [9.17, 15) is 9.18 Å². The summed E-state index contributed by atoms with van der Waals surface area (Å²) in [5, 5.41) is 8.49. The first-order valence-electron chi connectivity index (χ1n) is 11.7. The Kier molecular flexibility index (Phi) is 6.68. The molecule has 2 heterocycles. The third-order valence-corrected chi connectivity index (χ3v) is 7.21. The number of benzene rings is 1. The van der Waals surface area contributed by atoms with Crippen LogP contribution in [-0.4, -0.2) is 34.3 Å². The van der Waals surface area contributed by atoms with Crippen LogP contribution in [0.25, 0.3) is 11.0 Å². The third-order valence-electron chi connectivity index (χ3n) is 7.21. The van der Waals surface area contributed by atoms with Gasteiger partial charge in [0.25, 0.3) is 0 Å². The molecule has 1 saturated carbocycles. The molecule has 0 bridgehead atoms. The largest absolute Gasteiger partial charge is 0.479 e. The average Bonchev–Trinajstić information content (AvgIpc) is 3.14. The topological polar surface area (TPSA) is 69.0 Å². The number of halogens is 1. The van der Waals surface area contributed by atoms with Crippen LogP contribution in [0.5, 0.6) is 5.88 Å². The van der Waals surface area contributed by atoms with Gasteiger partial charge in [-0.1, -0.05) is 31.4 Å². The normalized spacial score (nSPS) is 15.5. The Morgan fingerprint density at radius 2 is 1.88 bits per heavy atom. The highest BCUT2D eigenvalue weighted by Crippen LogP contribution is 2.39. The molecule has 1 fully saturated rings. The van der Waals surface area contributed by atoms with Crippen LogP contribution in [-0.2, 0) is 23.7 Å². The van der Waals surface area contributed by atoms with Gasteiger partial charge in [-0.15, -0.1) is 5.10 Å². The van der Waals surface area contributed by atoms with Crippen LogP contribution >= 0.6 is 0 Å². The van der Waals surface area contributed by atoms with Crippen molar-refractivity contribution in [3.63, 3.8) is 0 Å². The van der Waals surface area contributed by atoms with Gasteiger partial charge in [-0.05, 0) is 61.9 Å². The monoisotopic (exact) mass is 452 g/mol. The first kappa shape index (κ1) is 23.2. The summed E-state index contributed by atoms with van der Waals surface area (Å²) in [6.07, 6.45) is 6.49. The van der Waals surface area contributed by atoms with Crippen molar-refractivity contribution >= 4 is 16.9 Å². The van der Waals surface area contributed by atoms with E-state index in [-0.39, 0.29) is 17.1 Å². The summed E-state index contributed by atoms with van der Waals surface area (Å²) in [6.45, 7) is 4.61. The second kappa shape index (κ2) is 9.49. The van der Waals surface area contributed by atoms with Crippen molar-refractivity contribution < 1.29 is 13.9 Å². The lowest BCUT2D eigenvalue weighted by Crippen LogP contribution is -2.42. The summed E-state index contributed by atoms with van der Waals surface area (Å²) < 4.78 is 20.6. The Hall–Kier alpha value is -2.96. The number of amides is 1. The lowest BCUT2D eigenvalue weighted by atomic mass is 9.69. The van der Waals surface area contributed by atoms with Crippen molar-refractivity contribution in [1.82, 2.24) is 20.1 Å². The highest BCUT2D eigenvalue weighted by molar-refractivity contribution is 5.86. The molecular formula is C26H33FN4O2. The molecule has 176 valence electrons. The van der Waals surface area contributed by atoms with Crippen LogP contribution in [0, 0.1) is 19.7 Å². The molecule has 7 heteroatoms. The smallest absolute Gasteiger partial charge is 0.242 e. The average molecular weight is 453 g/mol. The number of hydrogen-bond acceptors (Lipinski definition) is 4. The van der Waals surface area contributed by atoms with E-state index >= 15 is 0 Å². The van der Waals surface area contributed by atoms with Crippen LogP contribution in [0.1, 0.15) is 60.9 Å². The Bertz CT molecular complexity index is 1150. The van der Waals surface area contributed by atoms with Crippen molar-refractivity contribution in [2.45, 2.75) is 64.2 Å². The molecule has 1 aliphatic carbocycles. The van der Waals surface area contributed by atoms with Gasteiger partial charge in [0.1, 0.15) is 5.82 Å². The molecular weight excluding hydrogens is 419 g/mol. The molecule has 6 nitrogen and oxygen atoms in total. The SMILES string of the molecule is COc1nn(C)c2nc(C)c(CCC(=O)NCC3(c4ccc(F)cc4)CCCCC3)c(C)c12. The Morgan fingerprint density at radius 3 is 2.55 bits per heavy atom. The number of rotatable bonds is 7. The van der Waals surface area contributed by atoms with Crippen molar-refractivity contribution in [1.29, 1.82) is 0 Å². The van der Waals surface area contributed by atoms with E-state index in [1.807, 2.05) is 33.0 Å². The Labute approximate surface area is 194 Å². The van der Waals surface area contributed by atoms with E-state index in [1.54, 1.807) is 11.8 Å². The number of pyridine rings is 1. The minimum Gasteiger partial charge on any atom is -0.479 e. The van der Waals surface area contributed by atoms with E-state index in [0.717, 1.165) is 59.1 Å². The molecule has 3 aromatic rings. The van der Waals surface area contributed by atoms with E-state index < -0.39 is 0 Å². The summed E-state index contributed by atoms with van der Waals surface area (Å²) >= 11 is 0. The fourth-order valence-corrected chi connectivity index (χ4v) is 5.30. The third kappa shape index (κ3) is 4.59. The predicted octanol–water partition coefficient (Wildman–Crippen LogP) is 4.68. The molecule has 4 rings (SSSR count). The molecule has 0 saturated heterocycles. The number of aryl methyl sites for hydroxylation is 3. The van der Waals surface area contributed by atoms with Crippen molar-refractivity contribution in [2.24, 2.45) is 7.05 Å². The zero-order chi connectivity index (χ0) is 23.6. The highest BCUT2D eigenvalue weighted by Gasteiger charge is 2.34. The summed E-state index contributed by atoms with van der Waals surface area (Å²) in [7, 11) is 3.46. The molecule has 0 radical (unpaired) electrons. The van der Waals surface area contributed by atoms with Gasteiger partial charge in [-0.2, -0.15) is 0 Å². The maximum absolute atomic E-state index is 13.5. The fraction of sp³-hybridized carbons (Fsp3) is 0.500. The highest BCUT2D eigenvalue weighted by atomic mass is 19.1. The van der Waals surface area contributed by atoms with Gasteiger partial charge in [-0.25, -0.2) is 14.1 Å². The summed E-state index contributed by atoms with van der Waals surface area (Å²) in [5.41, 5.74) is 4.83. The van der Waals surface area contributed by atoms with Gasteiger partial charge >= 0.3 is 0 Å². The summed E-state index contributed by atoms with van der Waals surface area (Å²) in [6, 6.07) is 6.80. The predicted molar refractivity (Wildman–Crippen MR) is 127 cm³/mol. The van der Waals surface area contributed by atoms with Crippen LogP contribution in [0.15, 0.2) is 24.3 Å². The van der Waals surface area contributed by atoms with E-state index in [1.165, 1.54) is 18.6 Å². The number of ether oxygens (including phenoxy) is 1. The molecule has 1 amide bonds.